The van der Waals surface area contributed by atoms with E-state index in [-0.39, 0.29) is 11.5 Å². The lowest BCUT2D eigenvalue weighted by Crippen LogP contribution is -2.15. The summed E-state index contributed by atoms with van der Waals surface area (Å²) in [5.41, 5.74) is 0.0495. The second kappa shape index (κ2) is 8.38. The minimum atomic E-state index is -0.579. The Morgan fingerprint density at radius 2 is 1.96 bits per heavy atom. The molecular weight excluding hydrogens is 310 g/mol. The number of rotatable bonds is 8. The zero-order valence-corrected chi connectivity index (χ0v) is 14.3. The number of pyridine rings is 1. The third kappa shape index (κ3) is 4.28. The summed E-state index contributed by atoms with van der Waals surface area (Å²) < 4.78 is 16.0. The van der Waals surface area contributed by atoms with Crippen molar-refractivity contribution < 1.29 is 19.0 Å². The molecule has 6 heteroatoms. The van der Waals surface area contributed by atoms with E-state index in [1.807, 2.05) is 0 Å². The summed E-state index contributed by atoms with van der Waals surface area (Å²) in [4.78, 5) is 26.0. The summed E-state index contributed by atoms with van der Waals surface area (Å²) in [6, 6.07) is 5.33. The van der Waals surface area contributed by atoms with E-state index >= 15 is 0 Å². The monoisotopic (exact) mass is 333 g/mol. The third-order valence-corrected chi connectivity index (χ3v) is 3.61. The summed E-state index contributed by atoms with van der Waals surface area (Å²) in [6.07, 6.45) is 4.52. The Morgan fingerprint density at radius 3 is 2.62 bits per heavy atom. The lowest BCUT2D eigenvalue weighted by atomic mass is 10.2. The molecule has 0 amide bonds. The largest absolute Gasteiger partial charge is 0.494 e. The number of aromatic nitrogens is 1. The van der Waals surface area contributed by atoms with Crippen molar-refractivity contribution in [2.24, 2.45) is 0 Å². The first-order valence-corrected chi connectivity index (χ1v) is 8.12. The number of fused-ring (bicyclic) bond motifs is 1. The van der Waals surface area contributed by atoms with Crippen molar-refractivity contribution in [2.75, 3.05) is 13.7 Å². The van der Waals surface area contributed by atoms with Crippen LogP contribution in [0.3, 0.4) is 0 Å². The summed E-state index contributed by atoms with van der Waals surface area (Å²) in [6.45, 7) is 4.04. The van der Waals surface area contributed by atoms with Gasteiger partial charge in [0.05, 0.1) is 19.2 Å². The van der Waals surface area contributed by atoms with Gasteiger partial charge in [0.2, 0.25) is 5.75 Å². The van der Waals surface area contributed by atoms with Crippen LogP contribution in [-0.2, 0) is 4.79 Å². The van der Waals surface area contributed by atoms with E-state index in [9.17, 15) is 9.59 Å². The van der Waals surface area contributed by atoms with Gasteiger partial charge in [-0.1, -0.05) is 26.2 Å². The average molecular weight is 333 g/mol. The SMILES string of the molecule is CCCCCCOc1ccc2c(OC)c(OC(C)=O)c(=O)[nH]c2c1. The molecule has 0 fully saturated rings. The molecule has 1 aromatic heterocycles. The second-order valence-electron chi connectivity index (χ2n) is 5.53. The number of hydrogen-bond acceptors (Lipinski definition) is 5. The number of ether oxygens (including phenoxy) is 3. The zero-order chi connectivity index (χ0) is 17.5. The normalized spacial score (nSPS) is 10.6. The van der Waals surface area contributed by atoms with Crippen LogP contribution in [0.2, 0.25) is 0 Å². The Morgan fingerprint density at radius 1 is 1.17 bits per heavy atom. The molecule has 0 spiro atoms. The summed E-state index contributed by atoms with van der Waals surface area (Å²) in [5, 5.41) is 0.645. The molecule has 2 rings (SSSR count). The smallest absolute Gasteiger partial charge is 0.308 e. The molecule has 0 radical (unpaired) electrons. The standard InChI is InChI=1S/C18H23NO5/c1-4-5-6-7-10-23-13-8-9-14-15(11-13)19-18(21)17(16(14)22-3)24-12(2)20/h8-9,11H,4-7,10H2,1-3H3,(H,19,21). The highest BCUT2D eigenvalue weighted by atomic mass is 16.6. The van der Waals surface area contributed by atoms with Crippen LogP contribution in [0.4, 0.5) is 0 Å². The van der Waals surface area contributed by atoms with Crippen LogP contribution in [0.15, 0.2) is 23.0 Å². The number of H-pyrrole nitrogens is 1. The fourth-order valence-corrected chi connectivity index (χ4v) is 2.48. The van der Waals surface area contributed by atoms with Crippen molar-refractivity contribution >= 4 is 16.9 Å². The van der Waals surface area contributed by atoms with E-state index in [2.05, 4.69) is 11.9 Å². The fraction of sp³-hybridized carbons (Fsp3) is 0.444. The summed E-state index contributed by atoms with van der Waals surface area (Å²) >= 11 is 0. The number of methoxy groups -OCH3 is 1. The van der Waals surface area contributed by atoms with Gasteiger partial charge < -0.3 is 19.2 Å². The Kier molecular flexibility index (Phi) is 6.23. The molecule has 0 aliphatic rings. The lowest BCUT2D eigenvalue weighted by Gasteiger charge is -2.12. The molecule has 0 saturated carbocycles. The van der Waals surface area contributed by atoms with Crippen LogP contribution < -0.4 is 19.8 Å². The Hall–Kier alpha value is -2.50. The van der Waals surface area contributed by atoms with Gasteiger partial charge in [-0.2, -0.15) is 0 Å². The van der Waals surface area contributed by atoms with Gasteiger partial charge in [0.15, 0.2) is 5.75 Å². The maximum absolute atomic E-state index is 12.1. The molecular formula is C18H23NO5. The molecule has 6 nitrogen and oxygen atoms in total. The van der Waals surface area contributed by atoms with Gasteiger partial charge >= 0.3 is 5.97 Å². The quantitative estimate of drug-likeness (QED) is 0.591. The Labute approximate surface area is 140 Å². The van der Waals surface area contributed by atoms with Gasteiger partial charge in [-0.15, -0.1) is 0 Å². The first kappa shape index (κ1) is 17.8. The van der Waals surface area contributed by atoms with E-state index in [0.717, 1.165) is 12.8 Å². The zero-order valence-electron chi connectivity index (χ0n) is 14.3. The van der Waals surface area contributed by atoms with Crippen molar-refractivity contribution in [2.45, 2.75) is 39.5 Å². The van der Waals surface area contributed by atoms with Crippen LogP contribution in [0.1, 0.15) is 39.5 Å². The molecule has 24 heavy (non-hydrogen) atoms. The highest BCUT2D eigenvalue weighted by molar-refractivity contribution is 5.89. The van der Waals surface area contributed by atoms with Gasteiger partial charge in [-0.05, 0) is 18.6 Å². The third-order valence-electron chi connectivity index (χ3n) is 3.61. The first-order valence-electron chi connectivity index (χ1n) is 8.12. The number of esters is 1. The average Bonchev–Trinajstić information content (AvgIpc) is 2.55. The molecule has 0 atom stereocenters. The topological polar surface area (TPSA) is 77.6 Å². The number of hydrogen-bond donors (Lipinski definition) is 1. The van der Waals surface area contributed by atoms with E-state index in [1.165, 1.54) is 26.9 Å². The molecule has 1 N–H and O–H groups in total. The van der Waals surface area contributed by atoms with Gasteiger partial charge in [0.1, 0.15) is 5.75 Å². The van der Waals surface area contributed by atoms with Crippen LogP contribution in [-0.4, -0.2) is 24.7 Å². The van der Waals surface area contributed by atoms with Gasteiger partial charge in [0.25, 0.3) is 5.56 Å². The van der Waals surface area contributed by atoms with E-state index < -0.39 is 11.5 Å². The minimum absolute atomic E-state index is 0.134. The molecule has 1 heterocycles. The van der Waals surface area contributed by atoms with Crippen molar-refractivity contribution in [3.63, 3.8) is 0 Å². The fourth-order valence-electron chi connectivity index (χ4n) is 2.48. The molecule has 0 unspecified atom stereocenters. The minimum Gasteiger partial charge on any atom is -0.494 e. The van der Waals surface area contributed by atoms with Gasteiger partial charge in [-0.25, -0.2) is 0 Å². The molecule has 1 aromatic carbocycles. The predicted octanol–water partition coefficient (Wildman–Crippen LogP) is 3.42. The van der Waals surface area contributed by atoms with Crippen molar-refractivity contribution in [3.8, 4) is 17.2 Å². The number of unbranched alkanes of at least 4 members (excludes halogenated alkanes) is 3. The number of nitrogens with one attached hydrogen (secondary N) is 1. The highest BCUT2D eigenvalue weighted by Crippen LogP contribution is 2.33. The Balaban J connectivity index is 2.27. The van der Waals surface area contributed by atoms with Crippen LogP contribution in [0, 0.1) is 0 Å². The summed E-state index contributed by atoms with van der Waals surface area (Å²) in [5.74, 6) is 0.200. The lowest BCUT2D eigenvalue weighted by molar-refractivity contribution is -0.132. The number of aromatic amines is 1. The molecule has 0 aliphatic heterocycles. The first-order chi connectivity index (χ1) is 11.6. The maximum Gasteiger partial charge on any atom is 0.308 e. The second-order valence-corrected chi connectivity index (χ2v) is 5.53. The van der Waals surface area contributed by atoms with Crippen LogP contribution in [0.5, 0.6) is 17.2 Å². The number of carbonyl (C=O) groups is 1. The van der Waals surface area contributed by atoms with E-state index in [1.54, 1.807) is 18.2 Å². The number of carbonyl (C=O) groups excluding carboxylic acids is 1. The van der Waals surface area contributed by atoms with E-state index in [0.29, 0.717) is 23.3 Å². The van der Waals surface area contributed by atoms with Crippen molar-refractivity contribution in [1.82, 2.24) is 4.98 Å². The Bertz CT molecular complexity index is 766. The van der Waals surface area contributed by atoms with Crippen molar-refractivity contribution in [3.05, 3.63) is 28.6 Å². The predicted molar refractivity (Wildman–Crippen MR) is 92.1 cm³/mol. The molecule has 0 bridgehead atoms. The molecule has 130 valence electrons. The molecule has 0 saturated heterocycles. The van der Waals surface area contributed by atoms with E-state index in [4.69, 9.17) is 14.2 Å². The van der Waals surface area contributed by atoms with Crippen LogP contribution in [0.25, 0.3) is 10.9 Å². The van der Waals surface area contributed by atoms with Gasteiger partial charge in [-0.3, -0.25) is 9.59 Å². The number of benzene rings is 1. The van der Waals surface area contributed by atoms with Crippen LogP contribution >= 0.6 is 0 Å². The molecule has 0 aliphatic carbocycles. The maximum atomic E-state index is 12.1. The van der Waals surface area contributed by atoms with Gasteiger partial charge in [0, 0.05) is 18.4 Å². The highest BCUT2D eigenvalue weighted by Gasteiger charge is 2.17. The van der Waals surface area contributed by atoms with Crippen molar-refractivity contribution in [1.29, 1.82) is 0 Å². The summed E-state index contributed by atoms with van der Waals surface area (Å²) in [7, 11) is 1.43. The molecule has 2 aromatic rings.